The molecule has 1 atom stereocenters. The Bertz CT molecular complexity index is 292. The zero-order chi connectivity index (χ0) is 12.7. The second kappa shape index (κ2) is 7.49. The van der Waals surface area contributed by atoms with Crippen LogP contribution in [0.3, 0.4) is 0 Å². The van der Waals surface area contributed by atoms with Gasteiger partial charge in [0.15, 0.2) is 0 Å². The molecule has 0 aromatic carbocycles. The van der Waals surface area contributed by atoms with Gasteiger partial charge >= 0.3 is 0 Å². The molecule has 0 nitrogen and oxygen atoms in total. The largest absolute Gasteiger partial charge is 0.0874 e. The van der Waals surface area contributed by atoms with Crippen LogP contribution in [-0.4, -0.2) is 0 Å². The van der Waals surface area contributed by atoms with Gasteiger partial charge in [0.2, 0.25) is 0 Å². The van der Waals surface area contributed by atoms with Crippen molar-refractivity contribution in [3.8, 4) is 0 Å². The first kappa shape index (κ1) is 15.2. The average Bonchev–Trinajstić information content (AvgIpc) is 2.21. The van der Waals surface area contributed by atoms with Gasteiger partial charge in [0.25, 0.3) is 0 Å². The first-order valence-corrected chi connectivity index (χ1v) is 6.39. The van der Waals surface area contributed by atoms with E-state index in [1.807, 2.05) is 0 Å². The predicted molar refractivity (Wildman–Crippen MR) is 75.6 cm³/mol. The lowest BCUT2D eigenvalue weighted by Crippen LogP contribution is -2.07. The van der Waals surface area contributed by atoms with Crippen LogP contribution in [0.25, 0.3) is 0 Å². The van der Waals surface area contributed by atoms with E-state index in [1.54, 1.807) is 0 Å². The molecule has 0 amide bonds. The fraction of sp³-hybridized carbons (Fsp3) is 0.625. The van der Waals surface area contributed by atoms with E-state index in [0.29, 0.717) is 5.92 Å². The maximum atomic E-state index is 2.28. The van der Waals surface area contributed by atoms with Crippen LogP contribution in [0, 0.1) is 5.92 Å². The lowest BCUT2D eigenvalue weighted by molar-refractivity contribution is 0.626. The highest BCUT2D eigenvalue weighted by Gasteiger charge is 2.15. The molecule has 0 saturated carbocycles. The Kier molecular flexibility index (Phi) is 7.12. The van der Waals surface area contributed by atoms with Gasteiger partial charge in [-0.3, -0.25) is 0 Å². The minimum absolute atomic E-state index is 0.608. The molecule has 0 radical (unpaired) electrons. The number of hydrogen-bond donors (Lipinski definition) is 0. The molecule has 0 saturated heterocycles. The highest BCUT2D eigenvalue weighted by atomic mass is 14.2. The van der Waals surface area contributed by atoms with Gasteiger partial charge < -0.3 is 0 Å². The molecule has 0 rings (SSSR count). The van der Waals surface area contributed by atoms with Crippen molar-refractivity contribution < 1.29 is 0 Å². The third-order valence-electron chi connectivity index (χ3n) is 3.19. The number of allylic oxidation sites excluding steroid dienone is 6. The molecule has 0 aliphatic heterocycles. The lowest BCUT2D eigenvalue weighted by Gasteiger charge is -2.22. The number of hydrogen-bond acceptors (Lipinski definition) is 0. The van der Waals surface area contributed by atoms with Crippen LogP contribution in [0.4, 0.5) is 0 Å². The molecular weight excluding hydrogens is 192 g/mol. The van der Waals surface area contributed by atoms with Crippen molar-refractivity contribution in [1.29, 1.82) is 0 Å². The highest BCUT2D eigenvalue weighted by Crippen LogP contribution is 2.30. The molecule has 0 aliphatic carbocycles. The molecular formula is C16H28. The summed E-state index contributed by atoms with van der Waals surface area (Å²) in [6.45, 7) is 15.5. The van der Waals surface area contributed by atoms with Crippen molar-refractivity contribution in [1.82, 2.24) is 0 Å². The normalized spacial score (nSPS) is 12.7. The van der Waals surface area contributed by atoms with Crippen molar-refractivity contribution >= 4 is 0 Å². The van der Waals surface area contributed by atoms with Gasteiger partial charge in [0, 0.05) is 5.92 Å². The summed E-state index contributed by atoms with van der Waals surface area (Å²) in [5, 5.41) is 0. The van der Waals surface area contributed by atoms with E-state index in [1.165, 1.54) is 35.1 Å². The van der Waals surface area contributed by atoms with Gasteiger partial charge in [-0.2, -0.15) is 0 Å². The van der Waals surface area contributed by atoms with E-state index in [0.717, 1.165) is 0 Å². The van der Waals surface area contributed by atoms with Crippen LogP contribution in [0.2, 0.25) is 0 Å². The van der Waals surface area contributed by atoms with Crippen LogP contribution in [-0.2, 0) is 0 Å². The highest BCUT2D eigenvalue weighted by molar-refractivity contribution is 5.33. The molecule has 0 heterocycles. The van der Waals surface area contributed by atoms with Gasteiger partial charge in [-0.1, -0.05) is 42.2 Å². The Balaban J connectivity index is 5.34. The smallest absolute Gasteiger partial charge is 0.00469 e. The molecule has 0 bridgehead atoms. The monoisotopic (exact) mass is 220 g/mol. The van der Waals surface area contributed by atoms with E-state index in [2.05, 4.69) is 60.6 Å². The third kappa shape index (κ3) is 4.38. The molecule has 0 aliphatic rings. The summed E-state index contributed by atoms with van der Waals surface area (Å²) in [6, 6.07) is 0. The molecule has 0 aromatic rings. The molecule has 0 heteroatoms. The lowest BCUT2D eigenvalue weighted by atomic mass is 9.83. The van der Waals surface area contributed by atoms with E-state index in [9.17, 15) is 0 Å². The summed E-state index contributed by atoms with van der Waals surface area (Å²) in [5.41, 5.74) is 5.94. The van der Waals surface area contributed by atoms with Crippen molar-refractivity contribution in [2.24, 2.45) is 5.92 Å². The Morgan fingerprint density at radius 2 is 1.56 bits per heavy atom. The predicted octanol–water partition coefficient (Wildman–Crippen LogP) is 5.67. The van der Waals surface area contributed by atoms with Crippen molar-refractivity contribution in [3.63, 3.8) is 0 Å². The summed E-state index contributed by atoms with van der Waals surface area (Å²) in [4.78, 5) is 0. The van der Waals surface area contributed by atoms with Crippen LogP contribution in [0.1, 0.15) is 61.3 Å². The van der Waals surface area contributed by atoms with Gasteiger partial charge in [-0.15, -0.1) is 0 Å². The van der Waals surface area contributed by atoms with Gasteiger partial charge in [-0.05, 0) is 53.5 Å². The molecule has 0 aromatic heterocycles. The Morgan fingerprint density at radius 1 is 1.00 bits per heavy atom. The van der Waals surface area contributed by atoms with Crippen LogP contribution in [0.5, 0.6) is 0 Å². The Hall–Kier alpha value is -0.780. The molecule has 0 fully saturated rings. The van der Waals surface area contributed by atoms with E-state index in [-0.39, 0.29) is 0 Å². The van der Waals surface area contributed by atoms with Gasteiger partial charge in [-0.25, -0.2) is 0 Å². The molecule has 0 spiro atoms. The summed E-state index contributed by atoms with van der Waals surface area (Å²) < 4.78 is 0. The minimum Gasteiger partial charge on any atom is -0.0874 e. The van der Waals surface area contributed by atoms with Crippen LogP contribution in [0.15, 0.2) is 34.4 Å². The first-order chi connectivity index (χ1) is 7.45. The second-order valence-corrected chi connectivity index (χ2v) is 4.98. The summed E-state index contributed by atoms with van der Waals surface area (Å²) in [6.07, 6.45) is 6.93. The average molecular weight is 220 g/mol. The van der Waals surface area contributed by atoms with Crippen molar-refractivity contribution in [2.45, 2.75) is 61.3 Å². The summed E-state index contributed by atoms with van der Waals surface area (Å²) in [7, 11) is 0. The van der Waals surface area contributed by atoms with Gasteiger partial charge in [0.05, 0.1) is 0 Å². The van der Waals surface area contributed by atoms with E-state index >= 15 is 0 Å². The van der Waals surface area contributed by atoms with E-state index in [4.69, 9.17) is 0 Å². The Labute approximate surface area is 102 Å². The second-order valence-electron chi connectivity index (χ2n) is 4.98. The Morgan fingerprint density at radius 3 is 1.88 bits per heavy atom. The van der Waals surface area contributed by atoms with Crippen molar-refractivity contribution in [2.75, 3.05) is 0 Å². The van der Waals surface area contributed by atoms with E-state index < -0.39 is 0 Å². The standard InChI is InChI=1S/C16H28/c1-8-10-15(13(5)6)16(11-9-2)14(7)12(3)4/h8,10,16H,9,11H2,1-7H3. The topological polar surface area (TPSA) is 0 Å². The summed E-state index contributed by atoms with van der Waals surface area (Å²) >= 11 is 0. The van der Waals surface area contributed by atoms with Gasteiger partial charge in [0.1, 0.15) is 0 Å². The molecule has 16 heavy (non-hydrogen) atoms. The molecule has 1 unspecified atom stereocenters. The SMILES string of the molecule is CC=CC(=C(C)C)C(CCC)C(C)=C(C)C. The summed E-state index contributed by atoms with van der Waals surface area (Å²) in [5.74, 6) is 0.608. The van der Waals surface area contributed by atoms with Crippen LogP contribution >= 0.6 is 0 Å². The third-order valence-corrected chi connectivity index (χ3v) is 3.19. The zero-order valence-electron chi connectivity index (χ0n) is 12.1. The maximum Gasteiger partial charge on any atom is 0.00469 e. The number of rotatable bonds is 5. The minimum atomic E-state index is 0.608. The zero-order valence-corrected chi connectivity index (χ0v) is 12.1. The molecule has 0 N–H and O–H groups in total. The van der Waals surface area contributed by atoms with Crippen molar-refractivity contribution in [3.05, 3.63) is 34.4 Å². The fourth-order valence-corrected chi connectivity index (χ4v) is 2.05. The quantitative estimate of drug-likeness (QED) is 0.413. The first-order valence-electron chi connectivity index (χ1n) is 6.39. The fourth-order valence-electron chi connectivity index (χ4n) is 2.05. The van der Waals surface area contributed by atoms with Crippen LogP contribution < -0.4 is 0 Å². The molecule has 92 valence electrons. The maximum absolute atomic E-state index is 2.28.